The molecule has 2 aromatic carbocycles. The van der Waals surface area contributed by atoms with Crippen LogP contribution in [-0.4, -0.2) is 21.9 Å². The lowest BCUT2D eigenvalue weighted by Crippen LogP contribution is -2.19. The molecule has 2 aromatic heterocycles. The summed E-state index contributed by atoms with van der Waals surface area (Å²) in [6, 6.07) is 12.6. The number of H-pyrrole nitrogens is 1. The Balaban J connectivity index is 1.53. The molecule has 150 valence electrons. The summed E-state index contributed by atoms with van der Waals surface area (Å²) in [4.78, 5) is 3.49. The van der Waals surface area contributed by atoms with Crippen LogP contribution in [0.1, 0.15) is 35.5 Å². The molecule has 0 saturated heterocycles. The number of hydrogen-bond donors (Lipinski definition) is 2. The molecule has 0 spiro atoms. The summed E-state index contributed by atoms with van der Waals surface area (Å²) in [7, 11) is 1.68. The van der Waals surface area contributed by atoms with Crippen molar-refractivity contribution < 1.29 is 9.13 Å². The molecule has 6 heteroatoms. The first-order chi connectivity index (χ1) is 14.0. The second-order valence-corrected chi connectivity index (χ2v) is 7.32. The van der Waals surface area contributed by atoms with Crippen LogP contribution < -0.4 is 10.1 Å². The molecule has 0 aliphatic rings. The predicted molar refractivity (Wildman–Crippen MR) is 113 cm³/mol. The van der Waals surface area contributed by atoms with E-state index < -0.39 is 0 Å². The van der Waals surface area contributed by atoms with E-state index in [0.29, 0.717) is 6.54 Å². The van der Waals surface area contributed by atoms with Crippen molar-refractivity contribution in [3.05, 3.63) is 77.0 Å². The maximum atomic E-state index is 13.6. The van der Waals surface area contributed by atoms with Crippen molar-refractivity contribution in [3.63, 3.8) is 0 Å². The lowest BCUT2D eigenvalue weighted by molar-refractivity contribution is 0.415. The maximum absolute atomic E-state index is 13.6. The Morgan fingerprint density at radius 1 is 1.21 bits per heavy atom. The molecule has 0 aliphatic carbocycles. The van der Waals surface area contributed by atoms with E-state index in [4.69, 9.17) is 4.74 Å². The fourth-order valence-electron chi connectivity index (χ4n) is 3.75. The number of rotatable bonds is 6. The number of aromatic nitrogens is 3. The minimum Gasteiger partial charge on any atom is -0.497 e. The van der Waals surface area contributed by atoms with E-state index >= 15 is 0 Å². The third-order valence-corrected chi connectivity index (χ3v) is 5.52. The zero-order chi connectivity index (χ0) is 20.5. The molecule has 0 radical (unpaired) electrons. The van der Waals surface area contributed by atoms with Gasteiger partial charge in [0.25, 0.3) is 0 Å². The monoisotopic (exact) mass is 392 g/mol. The summed E-state index contributed by atoms with van der Waals surface area (Å²) in [5.74, 6) is 0.587. The molecule has 1 atom stereocenters. The largest absolute Gasteiger partial charge is 0.497 e. The average Bonchev–Trinajstić information content (AvgIpc) is 3.26. The Bertz CT molecular complexity index is 1160. The minimum atomic E-state index is -0.268. The van der Waals surface area contributed by atoms with Gasteiger partial charge >= 0.3 is 0 Å². The maximum Gasteiger partial charge on any atom is 0.125 e. The van der Waals surface area contributed by atoms with E-state index in [2.05, 4.69) is 35.3 Å². The average molecular weight is 392 g/mol. The number of hydrogen-bond acceptors (Lipinski definition) is 3. The van der Waals surface area contributed by atoms with Gasteiger partial charge in [0, 0.05) is 40.4 Å². The highest BCUT2D eigenvalue weighted by atomic mass is 19.1. The lowest BCUT2D eigenvalue weighted by atomic mass is 10.1. The van der Waals surface area contributed by atoms with Crippen LogP contribution in [0.3, 0.4) is 0 Å². The molecule has 0 saturated carbocycles. The summed E-state index contributed by atoms with van der Waals surface area (Å²) in [5.41, 5.74) is 6.27. The zero-order valence-corrected chi connectivity index (χ0v) is 17.1. The number of aromatic amines is 1. The van der Waals surface area contributed by atoms with Crippen LogP contribution in [0.5, 0.6) is 5.75 Å². The van der Waals surface area contributed by atoms with Gasteiger partial charge in [0.05, 0.1) is 19.0 Å². The van der Waals surface area contributed by atoms with Crippen LogP contribution in [0.15, 0.2) is 48.7 Å². The van der Waals surface area contributed by atoms with Gasteiger partial charge in [-0.1, -0.05) is 6.07 Å². The Hall–Kier alpha value is -3.12. The van der Waals surface area contributed by atoms with Crippen molar-refractivity contribution >= 4 is 10.9 Å². The summed E-state index contributed by atoms with van der Waals surface area (Å²) in [6.45, 7) is 6.94. The first-order valence-corrected chi connectivity index (χ1v) is 9.67. The SMILES string of the molecule is COc1ccc2[nH]c(CNC(C)c3cnn(-c4cccc(F)c4)c3C)c(C)c2c1. The van der Waals surface area contributed by atoms with Crippen molar-refractivity contribution in [2.75, 3.05) is 7.11 Å². The highest BCUT2D eigenvalue weighted by Gasteiger charge is 2.16. The molecule has 2 heterocycles. The quantitative estimate of drug-likeness (QED) is 0.487. The summed E-state index contributed by atoms with van der Waals surface area (Å²) in [5, 5.41) is 9.21. The van der Waals surface area contributed by atoms with Gasteiger partial charge in [-0.2, -0.15) is 5.10 Å². The summed E-state index contributed by atoms with van der Waals surface area (Å²) in [6.07, 6.45) is 1.85. The number of benzene rings is 2. The topological polar surface area (TPSA) is 54.9 Å². The van der Waals surface area contributed by atoms with Gasteiger partial charge in [0.15, 0.2) is 0 Å². The van der Waals surface area contributed by atoms with Crippen LogP contribution >= 0.6 is 0 Å². The van der Waals surface area contributed by atoms with Gasteiger partial charge in [-0.25, -0.2) is 9.07 Å². The molecule has 4 aromatic rings. The van der Waals surface area contributed by atoms with Crippen molar-refractivity contribution in [3.8, 4) is 11.4 Å². The second-order valence-electron chi connectivity index (χ2n) is 7.32. The van der Waals surface area contributed by atoms with Crippen LogP contribution in [0, 0.1) is 19.7 Å². The third-order valence-electron chi connectivity index (χ3n) is 5.52. The lowest BCUT2D eigenvalue weighted by Gasteiger charge is -2.14. The van der Waals surface area contributed by atoms with Crippen LogP contribution in [-0.2, 0) is 6.54 Å². The Morgan fingerprint density at radius 3 is 2.79 bits per heavy atom. The highest BCUT2D eigenvalue weighted by molar-refractivity contribution is 5.85. The standard InChI is InChI=1S/C23H25FN4O/c1-14-20-11-19(29-4)8-9-22(20)27-23(14)13-25-15(2)21-12-26-28(16(21)3)18-7-5-6-17(24)10-18/h5-12,15,25,27H,13H2,1-4H3. The summed E-state index contributed by atoms with van der Waals surface area (Å²) < 4.78 is 20.7. The van der Waals surface area contributed by atoms with Crippen LogP contribution in [0.2, 0.25) is 0 Å². The molecule has 0 bridgehead atoms. The minimum absolute atomic E-state index is 0.0951. The van der Waals surface area contributed by atoms with Crippen molar-refractivity contribution in [1.29, 1.82) is 0 Å². The molecule has 0 fully saturated rings. The number of aryl methyl sites for hydroxylation is 1. The van der Waals surface area contributed by atoms with Crippen LogP contribution in [0.4, 0.5) is 4.39 Å². The first-order valence-electron chi connectivity index (χ1n) is 9.67. The number of halogens is 1. The number of nitrogens with zero attached hydrogens (tertiary/aromatic N) is 2. The fourth-order valence-corrected chi connectivity index (χ4v) is 3.75. The van der Waals surface area contributed by atoms with E-state index in [1.807, 2.05) is 31.3 Å². The predicted octanol–water partition coefficient (Wildman–Crippen LogP) is 4.97. The smallest absolute Gasteiger partial charge is 0.125 e. The van der Waals surface area contributed by atoms with Gasteiger partial charge in [-0.3, -0.25) is 0 Å². The van der Waals surface area contributed by atoms with Crippen molar-refractivity contribution in [2.24, 2.45) is 0 Å². The highest BCUT2D eigenvalue weighted by Crippen LogP contribution is 2.27. The van der Waals surface area contributed by atoms with Crippen LogP contribution in [0.25, 0.3) is 16.6 Å². The molecule has 5 nitrogen and oxygen atoms in total. The van der Waals surface area contributed by atoms with E-state index in [1.165, 1.54) is 23.1 Å². The zero-order valence-electron chi connectivity index (χ0n) is 17.1. The van der Waals surface area contributed by atoms with Gasteiger partial charge in [-0.05, 0) is 62.7 Å². The van der Waals surface area contributed by atoms with E-state index in [0.717, 1.165) is 33.9 Å². The van der Waals surface area contributed by atoms with Crippen molar-refractivity contribution in [1.82, 2.24) is 20.1 Å². The molecular formula is C23H25FN4O. The number of nitrogens with one attached hydrogen (secondary N) is 2. The second kappa shape index (κ2) is 7.72. The van der Waals surface area contributed by atoms with E-state index in [9.17, 15) is 4.39 Å². The third kappa shape index (κ3) is 3.63. The normalized spacial score (nSPS) is 12.4. The summed E-state index contributed by atoms with van der Waals surface area (Å²) >= 11 is 0. The Kier molecular flexibility index (Phi) is 5.11. The van der Waals surface area contributed by atoms with Gasteiger partial charge in [0.1, 0.15) is 11.6 Å². The Morgan fingerprint density at radius 2 is 2.03 bits per heavy atom. The molecule has 0 aliphatic heterocycles. The molecular weight excluding hydrogens is 367 g/mol. The Labute approximate surface area is 169 Å². The van der Waals surface area contributed by atoms with Gasteiger partial charge in [-0.15, -0.1) is 0 Å². The molecule has 29 heavy (non-hydrogen) atoms. The van der Waals surface area contributed by atoms with Gasteiger partial charge < -0.3 is 15.0 Å². The molecule has 0 amide bonds. The number of methoxy groups -OCH3 is 1. The molecule has 1 unspecified atom stereocenters. The fraction of sp³-hybridized carbons (Fsp3) is 0.261. The van der Waals surface area contributed by atoms with Gasteiger partial charge in [0.2, 0.25) is 0 Å². The van der Waals surface area contributed by atoms with E-state index in [-0.39, 0.29) is 11.9 Å². The van der Waals surface area contributed by atoms with Crippen molar-refractivity contribution in [2.45, 2.75) is 33.4 Å². The number of fused-ring (bicyclic) bond motifs is 1. The number of ether oxygens (including phenoxy) is 1. The van der Waals surface area contributed by atoms with E-state index in [1.54, 1.807) is 17.9 Å². The first kappa shape index (κ1) is 19.2. The molecule has 4 rings (SSSR count). The molecule has 2 N–H and O–H groups in total.